The van der Waals surface area contributed by atoms with Crippen molar-refractivity contribution in [2.24, 2.45) is 0 Å². The zero-order valence-electron chi connectivity index (χ0n) is 15.7. The zero-order chi connectivity index (χ0) is 21.7. The lowest BCUT2D eigenvalue weighted by molar-refractivity contribution is -0.115. The molecular formula is C22H16Br3NO3S. The molecule has 0 bridgehead atoms. The first kappa shape index (κ1) is 23.1. The Morgan fingerprint density at radius 2 is 1.60 bits per heavy atom. The predicted octanol–water partition coefficient (Wildman–Crippen LogP) is 7.23. The van der Waals surface area contributed by atoms with Gasteiger partial charge in [-0.3, -0.25) is 4.79 Å². The van der Waals surface area contributed by atoms with Crippen LogP contribution >= 0.6 is 59.6 Å². The Hall–Kier alpha value is -1.61. The first-order valence-corrected chi connectivity index (χ1v) is 12.0. The maximum absolute atomic E-state index is 13.4. The largest absolute Gasteiger partial charge is 0.465 e. The quantitative estimate of drug-likeness (QED) is 0.235. The van der Waals surface area contributed by atoms with Gasteiger partial charge in [-0.25, -0.2) is 4.79 Å². The molecule has 0 aromatic heterocycles. The lowest BCUT2D eigenvalue weighted by atomic mass is 10.1. The van der Waals surface area contributed by atoms with E-state index in [9.17, 15) is 9.59 Å². The maximum Gasteiger partial charge on any atom is 0.340 e. The van der Waals surface area contributed by atoms with Crippen LogP contribution in [-0.2, 0) is 9.53 Å². The molecule has 0 aliphatic heterocycles. The van der Waals surface area contributed by atoms with Gasteiger partial charge in [0, 0.05) is 13.8 Å². The van der Waals surface area contributed by atoms with Crippen LogP contribution in [0.2, 0.25) is 0 Å². The maximum atomic E-state index is 13.4. The molecule has 0 heterocycles. The van der Waals surface area contributed by atoms with Gasteiger partial charge < -0.3 is 10.1 Å². The summed E-state index contributed by atoms with van der Waals surface area (Å²) in [5.41, 5.74) is 1.48. The Morgan fingerprint density at radius 3 is 2.23 bits per heavy atom. The number of carbonyl (C=O) groups is 2. The van der Waals surface area contributed by atoms with Crippen molar-refractivity contribution >= 4 is 77.1 Å². The number of hydrogen-bond acceptors (Lipinski definition) is 4. The molecule has 0 saturated carbocycles. The molecule has 0 saturated heterocycles. The Balaban J connectivity index is 1.97. The van der Waals surface area contributed by atoms with E-state index >= 15 is 0 Å². The highest BCUT2D eigenvalue weighted by Crippen LogP contribution is 2.39. The summed E-state index contributed by atoms with van der Waals surface area (Å²) in [5, 5.41) is 2.39. The average molecular weight is 614 g/mol. The van der Waals surface area contributed by atoms with E-state index in [2.05, 4.69) is 53.1 Å². The third kappa shape index (κ3) is 5.55. The number of nitrogens with one attached hydrogen (secondary N) is 1. The average Bonchev–Trinajstić information content (AvgIpc) is 2.76. The highest BCUT2D eigenvalue weighted by molar-refractivity contribution is 9.13. The highest BCUT2D eigenvalue weighted by atomic mass is 79.9. The molecule has 1 unspecified atom stereocenters. The minimum absolute atomic E-state index is 0.252. The topological polar surface area (TPSA) is 55.4 Å². The second-order valence-electron chi connectivity index (χ2n) is 6.13. The summed E-state index contributed by atoms with van der Waals surface area (Å²) in [6.07, 6.45) is 0. The molecule has 1 amide bonds. The van der Waals surface area contributed by atoms with Crippen molar-refractivity contribution in [1.82, 2.24) is 0 Å². The van der Waals surface area contributed by atoms with Gasteiger partial charge in [0.25, 0.3) is 0 Å². The number of thioether (sulfide) groups is 1. The van der Waals surface area contributed by atoms with Gasteiger partial charge in [-0.2, -0.15) is 0 Å². The monoisotopic (exact) mass is 611 g/mol. The van der Waals surface area contributed by atoms with Gasteiger partial charge in [-0.05, 0) is 73.8 Å². The standard InChI is InChI=1S/C22H16Br3NO3S/c1-29-22(28)16-11-12-17(24)18(25)19(16)26-21(27)20(13-5-3-2-4-6-13)30-15-9-7-14(23)8-10-15/h2-12,20H,1H3,(H,26,27). The Morgan fingerprint density at radius 1 is 0.933 bits per heavy atom. The zero-order valence-corrected chi connectivity index (χ0v) is 21.3. The van der Waals surface area contributed by atoms with Gasteiger partial charge in [0.05, 0.1) is 22.8 Å². The fourth-order valence-electron chi connectivity index (χ4n) is 2.69. The van der Waals surface area contributed by atoms with Crippen molar-refractivity contribution in [3.05, 3.63) is 91.3 Å². The smallest absolute Gasteiger partial charge is 0.340 e. The summed E-state index contributed by atoms with van der Waals surface area (Å²) >= 11 is 11.7. The molecule has 3 rings (SSSR count). The van der Waals surface area contributed by atoms with Crippen molar-refractivity contribution in [3.8, 4) is 0 Å². The van der Waals surface area contributed by atoms with Crippen molar-refractivity contribution in [2.45, 2.75) is 10.1 Å². The van der Waals surface area contributed by atoms with Gasteiger partial charge in [0.15, 0.2) is 0 Å². The summed E-state index contributed by atoms with van der Waals surface area (Å²) in [5.74, 6) is -0.784. The molecule has 8 heteroatoms. The van der Waals surface area contributed by atoms with Crippen LogP contribution < -0.4 is 5.32 Å². The molecule has 0 fully saturated rings. The molecule has 3 aromatic carbocycles. The Kier molecular flexibility index (Phi) is 8.16. The van der Waals surface area contributed by atoms with E-state index in [0.717, 1.165) is 14.9 Å². The van der Waals surface area contributed by atoms with Crippen molar-refractivity contribution in [2.75, 3.05) is 12.4 Å². The van der Waals surface area contributed by atoms with Crippen LogP contribution in [-0.4, -0.2) is 19.0 Å². The summed E-state index contributed by atoms with van der Waals surface area (Å²) < 4.78 is 7.11. The van der Waals surface area contributed by atoms with Crippen molar-refractivity contribution < 1.29 is 14.3 Å². The van der Waals surface area contributed by atoms with E-state index in [0.29, 0.717) is 14.6 Å². The molecule has 0 spiro atoms. The molecule has 0 aliphatic rings. The van der Waals surface area contributed by atoms with E-state index in [-0.39, 0.29) is 11.5 Å². The number of benzene rings is 3. The molecule has 0 radical (unpaired) electrons. The number of hydrogen-bond donors (Lipinski definition) is 1. The van der Waals surface area contributed by atoms with E-state index in [1.807, 2.05) is 54.6 Å². The van der Waals surface area contributed by atoms with E-state index in [1.54, 1.807) is 12.1 Å². The number of amides is 1. The van der Waals surface area contributed by atoms with Gasteiger partial charge in [0.1, 0.15) is 5.25 Å². The van der Waals surface area contributed by atoms with Crippen molar-refractivity contribution in [3.63, 3.8) is 0 Å². The van der Waals surface area contributed by atoms with Crippen LogP contribution in [0.3, 0.4) is 0 Å². The Labute approximate surface area is 204 Å². The summed E-state index contributed by atoms with van der Waals surface area (Å²) in [4.78, 5) is 26.6. The number of rotatable bonds is 6. The fourth-order valence-corrected chi connectivity index (χ4v) is 4.76. The van der Waals surface area contributed by atoms with Gasteiger partial charge in [-0.1, -0.05) is 46.3 Å². The third-order valence-electron chi connectivity index (χ3n) is 4.16. The molecule has 0 aliphatic carbocycles. The van der Waals surface area contributed by atoms with Gasteiger partial charge in [-0.15, -0.1) is 11.8 Å². The number of halogens is 3. The van der Waals surface area contributed by atoms with E-state index < -0.39 is 11.2 Å². The van der Waals surface area contributed by atoms with Crippen LogP contribution in [0, 0.1) is 0 Å². The predicted molar refractivity (Wildman–Crippen MR) is 131 cm³/mol. The lowest BCUT2D eigenvalue weighted by Crippen LogP contribution is -2.21. The first-order chi connectivity index (χ1) is 14.4. The molecular weight excluding hydrogens is 598 g/mol. The van der Waals surface area contributed by atoms with E-state index in [1.165, 1.54) is 18.9 Å². The number of esters is 1. The molecule has 3 aromatic rings. The third-order valence-corrected chi connectivity index (χ3v) is 7.97. The molecule has 4 nitrogen and oxygen atoms in total. The van der Waals surface area contributed by atoms with Crippen LogP contribution in [0.15, 0.2) is 85.0 Å². The van der Waals surface area contributed by atoms with Crippen molar-refractivity contribution in [1.29, 1.82) is 0 Å². The fraction of sp³-hybridized carbons (Fsp3) is 0.0909. The molecule has 30 heavy (non-hydrogen) atoms. The Bertz CT molecular complexity index is 1060. The van der Waals surface area contributed by atoms with Crippen LogP contribution in [0.25, 0.3) is 0 Å². The minimum atomic E-state index is -0.532. The number of methoxy groups -OCH3 is 1. The molecule has 154 valence electrons. The summed E-state index contributed by atoms with van der Waals surface area (Å²) in [7, 11) is 1.31. The van der Waals surface area contributed by atoms with Gasteiger partial charge in [0.2, 0.25) is 5.91 Å². The van der Waals surface area contributed by atoms with Gasteiger partial charge >= 0.3 is 5.97 Å². The number of anilines is 1. The van der Waals surface area contributed by atoms with Crippen LogP contribution in [0.4, 0.5) is 5.69 Å². The highest BCUT2D eigenvalue weighted by Gasteiger charge is 2.26. The normalized spacial score (nSPS) is 11.6. The SMILES string of the molecule is COC(=O)c1ccc(Br)c(Br)c1NC(=O)C(Sc1ccc(Br)cc1)c1ccccc1. The minimum Gasteiger partial charge on any atom is -0.465 e. The second-order valence-corrected chi connectivity index (χ2v) is 9.87. The second kappa shape index (κ2) is 10.6. The van der Waals surface area contributed by atoms with Crippen LogP contribution in [0.1, 0.15) is 21.2 Å². The lowest BCUT2D eigenvalue weighted by Gasteiger charge is -2.19. The first-order valence-electron chi connectivity index (χ1n) is 8.75. The number of ether oxygens (including phenoxy) is 1. The summed E-state index contributed by atoms with van der Waals surface area (Å²) in [6.45, 7) is 0. The van der Waals surface area contributed by atoms with E-state index in [4.69, 9.17) is 4.74 Å². The summed E-state index contributed by atoms with van der Waals surface area (Å²) in [6, 6.07) is 20.6. The molecule has 1 N–H and O–H groups in total. The number of carbonyl (C=O) groups excluding carboxylic acids is 2. The van der Waals surface area contributed by atoms with Crippen LogP contribution in [0.5, 0.6) is 0 Å². The molecule has 1 atom stereocenters.